The molecule has 1 aliphatic heterocycles. The van der Waals surface area contributed by atoms with Gasteiger partial charge in [-0.25, -0.2) is 14.4 Å². The molecule has 0 aliphatic carbocycles. The van der Waals surface area contributed by atoms with Gasteiger partial charge in [-0.1, -0.05) is 6.07 Å². The van der Waals surface area contributed by atoms with Gasteiger partial charge in [-0.3, -0.25) is 4.79 Å². The number of carbonyl (C=O) groups is 1. The number of hydrogen-bond acceptors (Lipinski definition) is 6. The lowest BCUT2D eigenvalue weighted by atomic mass is 9.84. The number of ether oxygens (including phenoxy) is 1. The van der Waals surface area contributed by atoms with Crippen molar-refractivity contribution in [1.29, 1.82) is 0 Å². The Labute approximate surface area is 165 Å². The van der Waals surface area contributed by atoms with E-state index in [1.54, 1.807) is 0 Å². The van der Waals surface area contributed by atoms with Gasteiger partial charge in [0, 0.05) is 18.9 Å². The second kappa shape index (κ2) is 7.03. The van der Waals surface area contributed by atoms with Gasteiger partial charge in [0.2, 0.25) is 5.76 Å². The molecule has 0 saturated heterocycles. The third kappa shape index (κ3) is 3.73. The molecule has 1 aromatic carbocycles. The van der Waals surface area contributed by atoms with Gasteiger partial charge in [0.05, 0.1) is 0 Å². The summed E-state index contributed by atoms with van der Waals surface area (Å²) < 4.78 is 91.5. The Kier molecular flexibility index (Phi) is 5.07. The van der Waals surface area contributed by atoms with Crippen LogP contribution in [0.25, 0.3) is 0 Å². The van der Waals surface area contributed by atoms with Crippen LogP contribution in [0.15, 0.2) is 27.6 Å². The molecule has 2 heterocycles. The first-order chi connectivity index (χ1) is 13.7. The van der Waals surface area contributed by atoms with Crippen molar-refractivity contribution < 1.29 is 40.3 Å². The lowest BCUT2D eigenvalue weighted by Gasteiger charge is -2.37. The molecule has 3 rings (SSSR count). The largest absolute Gasteiger partial charge is 0.459 e. The van der Waals surface area contributed by atoms with Gasteiger partial charge in [0.25, 0.3) is 6.02 Å². The summed E-state index contributed by atoms with van der Waals surface area (Å²) >= 11 is 0. The fraction of sp³-hybridized carbons (Fsp3) is 0.389. The number of aryl methyl sites for hydroxylation is 1. The first kappa shape index (κ1) is 21.7. The molecule has 0 spiro atoms. The predicted molar refractivity (Wildman–Crippen MR) is 90.5 cm³/mol. The Morgan fingerprint density at radius 2 is 1.97 bits per heavy atom. The summed E-state index contributed by atoms with van der Waals surface area (Å²) in [5.74, 6) is -7.72. The minimum absolute atomic E-state index is 0.0255. The molecule has 1 atom stereocenters. The van der Waals surface area contributed by atoms with Crippen LogP contribution < -0.4 is 5.73 Å². The molecule has 6 nitrogen and oxygen atoms in total. The van der Waals surface area contributed by atoms with E-state index < -0.39 is 65.3 Å². The van der Waals surface area contributed by atoms with Gasteiger partial charge in [0.15, 0.2) is 29.5 Å². The predicted octanol–water partition coefficient (Wildman–Crippen LogP) is 3.76. The molecule has 0 radical (unpaired) electrons. The molecule has 0 unspecified atom stereocenters. The molecule has 1 aliphatic rings. The highest BCUT2D eigenvalue weighted by Crippen LogP contribution is 2.44. The van der Waals surface area contributed by atoms with E-state index >= 15 is 0 Å². The number of Topliss-reactive ketones (excluding diaryl/α,β-unsaturated/α-hetero) is 1. The molecular formula is C18H15F6N3O3. The molecule has 162 valence electrons. The van der Waals surface area contributed by atoms with Crippen LogP contribution in [0, 0.1) is 12.7 Å². The number of hydrogen-bond donors (Lipinski definition) is 1. The number of nitrogens with two attached hydrogens (primary N) is 1. The monoisotopic (exact) mass is 435 g/mol. The maximum absolute atomic E-state index is 14.5. The van der Waals surface area contributed by atoms with Crippen LogP contribution >= 0.6 is 0 Å². The fourth-order valence-electron chi connectivity index (χ4n) is 3.03. The number of aliphatic imine (C=N–C) groups is 1. The third-order valence-corrected chi connectivity index (χ3v) is 4.62. The average molecular weight is 435 g/mol. The SMILES string of the molecule is Cc1nc(C(=O)Cc2ccc(F)c([C@@]3(C)N=C(N)OCC3(F)F)c2)c(C(F)(F)F)o1. The van der Waals surface area contributed by atoms with Crippen molar-refractivity contribution in [3.8, 4) is 0 Å². The number of oxazole rings is 1. The number of alkyl halides is 5. The topological polar surface area (TPSA) is 90.7 Å². The zero-order chi connectivity index (χ0) is 22.5. The van der Waals surface area contributed by atoms with Crippen molar-refractivity contribution in [2.75, 3.05) is 6.61 Å². The highest BCUT2D eigenvalue weighted by Gasteiger charge is 2.56. The second-order valence-electron chi connectivity index (χ2n) is 6.84. The van der Waals surface area contributed by atoms with Gasteiger partial charge in [-0.15, -0.1) is 0 Å². The highest BCUT2D eigenvalue weighted by molar-refractivity contribution is 5.96. The maximum atomic E-state index is 14.5. The first-order valence-corrected chi connectivity index (χ1v) is 8.47. The number of benzene rings is 1. The Bertz CT molecular complexity index is 1030. The summed E-state index contributed by atoms with van der Waals surface area (Å²) in [6.45, 7) is 0.933. The van der Waals surface area contributed by atoms with Gasteiger partial charge in [0.1, 0.15) is 5.82 Å². The molecule has 12 heteroatoms. The smallest absolute Gasteiger partial charge is 0.452 e. The Morgan fingerprint density at radius 1 is 1.30 bits per heavy atom. The van der Waals surface area contributed by atoms with Crippen LogP contribution in [0.3, 0.4) is 0 Å². The lowest BCUT2D eigenvalue weighted by molar-refractivity contribution is -0.153. The summed E-state index contributed by atoms with van der Waals surface area (Å²) in [6.07, 6.45) is -5.62. The van der Waals surface area contributed by atoms with Crippen molar-refractivity contribution in [3.63, 3.8) is 0 Å². The molecule has 2 N–H and O–H groups in total. The molecule has 30 heavy (non-hydrogen) atoms. The van der Waals surface area contributed by atoms with E-state index in [4.69, 9.17) is 5.73 Å². The minimum Gasteiger partial charge on any atom is -0.459 e. The fourth-order valence-corrected chi connectivity index (χ4v) is 3.03. The Balaban J connectivity index is 1.99. The van der Waals surface area contributed by atoms with Crippen LogP contribution in [0.2, 0.25) is 0 Å². The van der Waals surface area contributed by atoms with Crippen molar-refractivity contribution in [1.82, 2.24) is 4.98 Å². The van der Waals surface area contributed by atoms with Crippen LogP contribution in [-0.4, -0.2) is 29.3 Å². The molecular weight excluding hydrogens is 420 g/mol. The average Bonchev–Trinajstić information content (AvgIpc) is 3.03. The summed E-state index contributed by atoms with van der Waals surface area (Å²) in [5.41, 5.74) is 1.36. The van der Waals surface area contributed by atoms with Gasteiger partial charge < -0.3 is 14.9 Å². The van der Waals surface area contributed by atoms with Gasteiger partial charge in [-0.05, 0) is 24.6 Å². The van der Waals surface area contributed by atoms with E-state index in [2.05, 4.69) is 19.1 Å². The van der Waals surface area contributed by atoms with Crippen molar-refractivity contribution in [3.05, 3.63) is 52.5 Å². The third-order valence-electron chi connectivity index (χ3n) is 4.62. The summed E-state index contributed by atoms with van der Waals surface area (Å²) in [4.78, 5) is 19.4. The van der Waals surface area contributed by atoms with Gasteiger partial charge >= 0.3 is 12.1 Å². The molecule has 0 saturated carbocycles. The standard InChI is InChI=1S/C18H15F6N3O3/c1-8-26-13(14(30-8)18(22,23)24)12(28)6-9-3-4-11(19)10(5-9)16(2)17(20,21)7-29-15(25)27-16/h3-5H,6-7H2,1-2H3,(H2,25,27)/t16-/m1/s1. The van der Waals surface area contributed by atoms with Crippen molar-refractivity contribution in [2.24, 2.45) is 10.7 Å². The summed E-state index contributed by atoms with van der Waals surface area (Å²) in [5, 5.41) is 0. The van der Waals surface area contributed by atoms with Crippen molar-refractivity contribution >= 4 is 11.8 Å². The maximum Gasteiger partial charge on any atom is 0.452 e. The highest BCUT2D eigenvalue weighted by atomic mass is 19.4. The van der Waals surface area contributed by atoms with Crippen molar-refractivity contribution in [2.45, 2.75) is 37.9 Å². The van der Waals surface area contributed by atoms with E-state index in [1.807, 2.05) is 0 Å². The normalized spacial score (nSPS) is 21.1. The molecule has 0 bridgehead atoms. The summed E-state index contributed by atoms with van der Waals surface area (Å²) in [6, 6.07) is 2.27. The minimum atomic E-state index is -4.95. The van der Waals surface area contributed by atoms with E-state index in [1.165, 1.54) is 0 Å². The zero-order valence-corrected chi connectivity index (χ0v) is 15.6. The van der Waals surface area contributed by atoms with E-state index in [0.29, 0.717) is 0 Å². The Morgan fingerprint density at radius 3 is 2.60 bits per heavy atom. The number of amidine groups is 1. The number of carbonyl (C=O) groups excluding carboxylic acids is 1. The Hall–Kier alpha value is -3.05. The molecule has 2 aromatic rings. The van der Waals surface area contributed by atoms with Crippen LogP contribution in [-0.2, 0) is 22.9 Å². The molecule has 0 amide bonds. The van der Waals surface area contributed by atoms with Crippen LogP contribution in [0.4, 0.5) is 26.3 Å². The van der Waals surface area contributed by atoms with Crippen LogP contribution in [0.5, 0.6) is 0 Å². The quantitative estimate of drug-likeness (QED) is 0.584. The first-order valence-electron chi connectivity index (χ1n) is 8.47. The second-order valence-corrected chi connectivity index (χ2v) is 6.84. The number of nitrogens with zero attached hydrogens (tertiary/aromatic N) is 2. The zero-order valence-electron chi connectivity index (χ0n) is 15.6. The number of ketones is 1. The number of halogens is 6. The van der Waals surface area contributed by atoms with E-state index in [-0.39, 0.29) is 11.5 Å². The molecule has 1 aromatic heterocycles. The van der Waals surface area contributed by atoms with E-state index in [9.17, 15) is 31.1 Å². The van der Waals surface area contributed by atoms with E-state index in [0.717, 1.165) is 32.0 Å². The van der Waals surface area contributed by atoms with Crippen LogP contribution in [0.1, 0.15) is 40.2 Å². The number of rotatable bonds is 4. The van der Waals surface area contributed by atoms with Gasteiger partial charge in [-0.2, -0.15) is 22.0 Å². The summed E-state index contributed by atoms with van der Waals surface area (Å²) in [7, 11) is 0. The number of aromatic nitrogens is 1. The lowest BCUT2D eigenvalue weighted by Crippen LogP contribution is -2.51. The molecule has 0 fully saturated rings.